The van der Waals surface area contributed by atoms with Gasteiger partial charge in [0.25, 0.3) is 0 Å². The molecule has 1 aromatic heterocycles. The molecule has 8 nitrogen and oxygen atoms in total. The van der Waals surface area contributed by atoms with Crippen molar-refractivity contribution in [1.29, 1.82) is 0 Å². The first-order valence-corrected chi connectivity index (χ1v) is 8.62. The Morgan fingerprint density at radius 2 is 1.79 bits per heavy atom. The van der Waals surface area contributed by atoms with Crippen LogP contribution in [0.1, 0.15) is 0 Å². The van der Waals surface area contributed by atoms with Gasteiger partial charge in [-0.1, -0.05) is 12.1 Å². The molecule has 1 saturated heterocycles. The average molecular weight is 386 g/mol. The summed E-state index contributed by atoms with van der Waals surface area (Å²) in [6.07, 6.45) is -3.36. The molecule has 3 aromatic rings. The molecule has 1 aliphatic rings. The summed E-state index contributed by atoms with van der Waals surface area (Å²) in [6, 6.07) is 10.7. The Hall–Kier alpha value is -2.91. The molecule has 0 aliphatic carbocycles. The summed E-state index contributed by atoms with van der Waals surface area (Å²) in [7, 11) is 0. The smallest absolute Gasteiger partial charge is 0.229 e. The minimum atomic E-state index is -1.32. The first-order chi connectivity index (χ1) is 13.5. The summed E-state index contributed by atoms with van der Waals surface area (Å²) in [5.74, 6) is 0.364. The fourth-order valence-electron chi connectivity index (χ4n) is 3.12. The number of rotatable bonds is 4. The molecule has 0 unspecified atom stereocenters. The van der Waals surface area contributed by atoms with Crippen LogP contribution in [0.4, 0.5) is 0 Å². The molecule has 4 atom stereocenters. The lowest BCUT2D eigenvalue weighted by Crippen LogP contribution is -2.35. The maximum atomic E-state index is 12.8. The molecule has 4 rings (SSSR count). The van der Waals surface area contributed by atoms with Gasteiger partial charge < -0.3 is 34.3 Å². The molecule has 146 valence electrons. The molecule has 0 bridgehead atoms. The van der Waals surface area contributed by atoms with Gasteiger partial charge in [-0.25, -0.2) is 0 Å². The molecule has 1 fully saturated rings. The quantitative estimate of drug-likeness (QED) is 0.522. The minimum absolute atomic E-state index is 0.0978. The Bertz CT molecular complexity index is 1040. The molecule has 0 saturated carbocycles. The number of hydrogen-bond acceptors (Lipinski definition) is 8. The number of aliphatic hydroxyl groups excluding tert-OH is 3. The number of phenols is 1. The minimum Gasteiger partial charge on any atom is -0.508 e. The van der Waals surface area contributed by atoms with Gasteiger partial charge >= 0.3 is 0 Å². The number of ether oxygens (including phenoxy) is 2. The van der Waals surface area contributed by atoms with Crippen LogP contribution in [0.25, 0.3) is 22.1 Å². The highest BCUT2D eigenvalue weighted by Crippen LogP contribution is 2.28. The standard InChI is InChI=1S/C20H18O8/c21-8-16-18(24)19(25)20(28-16)27-12-5-6-13-15(7-12)26-9-14(17(13)23)10-1-3-11(22)4-2-10/h1-7,9,16,18-22,24-25H,8H2/t16-,18-,19+,20+/m1/s1. The SMILES string of the molecule is O=c1c(-c2ccc(O)cc2)coc2cc(O[C@H]3O[C@H](CO)[C@@H](O)[C@@H]3O)ccc12. The first kappa shape index (κ1) is 18.5. The van der Waals surface area contributed by atoms with Crippen LogP contribution in [0.2, 0.25) is 0 Å². The summed E-state index contributed by atoms with van der Waals surface area (Å²) in [5.41, 5.74) is 0.994. The zero-order chi connectivity index (χ0) is 19.8. The van der Waals surface area contributed by atoms with E-state index in [-0.39, 0.29) is 22.5 Å². The highest BCUT2D eigenvalue weighted by molar-refractivity contribution is 5.82. The van der Waals surface area contributed by atoms with Crippen molar-refractivity contribution in [3.63, 3.8) is 0 Å². The molecular formula is C20H18O8. The van der Waals surface area contributed by atoms with Crippen LogP contribution in [0.5, 0.6) is 11.5 Å². The van der Waals surface area contributed by atoms with E-state index in [1.54, 1.807) is 12.1 Å². The van der Waals surface area contributed by atoms with Gasteiger partial charge in [-0.3, -0.25) is 4.79 Å². The Labute approximate surface area is 158 Å². The van der Waals surface area contributed by atoms with Gasteiger partial charge in [0.05, 0.1) is 17.6 Å². The van der Waals surface area contributed by atoms with Crippen LogP contribution in [0, 0.1) is 0 Å². The average Bonchev–Trinajstić information content (AvgIpc) is 2.97. The molecule has 8 heteroatoms. The molecule has 28 heavy (non-hydrogen) atoms. The van der Waals surface area contributed by atoms with Crippen LogP contribution >= 0.6 is 0 Å². The van der Waals surface area contributed by atoms with Crippen molar-refractivity contribution in [2.24, 2.45) is 0 Å². The number of aliphatic hydroxyl groups is 3. The summed E-state index contributed by atoms with van der Waals surface area (Å²) in [4.78, 5) is 12.8. The third-order valence-electron chi connectivity index (χ3n) is 4.68. The normalized spacial score (nSPS) is 24.5. The van der Waals surface area contributed by atoms with E-state index in [9.17, 15) is 20.1 Å². The van der Waals surface area contributed by atoms with Gasteiger partial charge in [-0.2, -0.15) is 0 Å². The second kappa shape index (κ2) is 7.25. The summed E-state index contributed by atoms with van der Waals surface area (Å²) >= 11 is 0. The Morgan fingerprint density at radius 1 is 1.04 bits per heavy atom. The summed E-state index contributed by atoms with van der Waals surface area (Å²) in [6.45, 7) is -0.454. The molecule has 2 aromatic carbocycles. The second-order valence-electron chi connectivity index (χ2n) is 6.51. The van der Waals surface area contributed by atoms with E-state index in [1.165, 1.54) is 36.6 Å². The first-order valence-electron chi connectivity index (χ1n) is 8.62. The number of fused-ring (bicyclic) bond motifs is 1. The highest BCUT2D eigenvalue weighted by atomic mass is 16.7. The van der Waals surface area contributed by atoms with E-state index in [2.05, 4.69) is 0 Å². The molecule has 0 amide bonds. The number of benzene rings is 2. The summed E-state index contributed by atoms with van der Waals surface area (Å²) in [5, 5.41) is 38.6. The fourth-order valence-corrected chi connectivity index (χ4v) is 3.12. The van der Waals surface area contributed by atoms with Gasteiger partial charge in [-0.15, -0.1) is 0 Å². The van der Waals surface area contributed by atoms with Gasteiger partial charge in [0, 0.05) is 6.07 Å². The van der Waals surface area contributed by atoms with Crippen LogP contribution < -0.4 is 10.2 Å². The van der Waals surface area contributed by atoms with Crippen LogP contribution in [0.3, 0.4) is 0 Å². The lowest BCUT2D eigenvalue weighted by Gasteiger charge is -2.17. The molecule has 4 N–H and O–H groups in total. The van der Waals surface area contributed by atoms with Crippen molar-refractivity contribution in [3.05, 3.63) is 59.0 Å². The fraction of sp³-hybridized carbons (Fsp3) is 0.250. The molecule has 1 aliphatic heterocycles. The van der Waals surface area contributed by atoms with E-state index in [4.69, 9.17) is 19.0 Å². The highest BCUT2D eigenvalue weighted by Gasteiger charge is 2.43. The van der Waals surface area contributed by atoms with Crippen molar-refractivity contribution in [1.82, 2.24) is 0 Å². The largest absolute Gasteiger partial charge is 0.508 e. The Balaban J connectivity index is 1.63. The predicted molar refractivity (Wildman–Crippen MR) is 98.0 cm³/mol. The topological polar surface area (TPSA) is 130 Å². The van der Waals surface area contributed by atoms with E-state index in [0.717, 1.165) is 0 Å². The maximum Gasteiger partial charge on any atom is 0.229 e. The molecule has 0 radical (unpaired) electrons. The van der Waals surface area contributed by atoms with Crippen LogP contribution in [-0.2, 0) is 4.74 Å². The van der Waals surface area contributed by atoms with Crippen molar-refractivity contribution < 1.29 is 34.3 Å². The van der Waals surface area contributed by atoms with Crippen molar-refractivity contribution in [2.45, 2.75) is 24.6 Å². The lowest BCUT2D eigenvalue weighted by atomic mass is 10.1. The van der Waals surface area contributed by atoms with Gasteiger partial charge in [0.1, 0.15) is 41.7 Å². The Kier molecular flexibility index (Phi) is 4.78. The zero-order valence-corrected chi connectivity index (χ0v) is 14.6. The van der Waals surface area contributed by atoms with Crippen molar-refractivity contribution in [3.8, 4) is 22.6 Å². The van der Waals surface area contributed by atoms with Crippen molar-refractivity contribution >= 4 is 11.0 Å². The monoisotopic (exact) mass is 386 g/mol. The maximum absolute atomic E-state index is 12.8. The van der Waals surface area contributed by atoms with Crippen molar-refractivity contribution in [2.75, 3.05) is 6.61 Å². The van der Waals surface area contributed by atoms with E-state index < -0.39 is 31.2 Å². The van der Waals surface area contributed by atoms with Gasteiger partial charge in [0.15, 0.2) is 5.43 Å². The van der Waals surface area contributed by atoms with Gasteiger partial charge in [0.2, 0.25) is 6.29 Å². The molecule has 0 spiro atoms. The number of phenolic OH excluding ortho intramolecular Hbond substituents is 1. The molecular weight excluding hydrogens is 368 g/mol. The number of aromatic hydroxyl groups is 1. The van der Waals surface area contributed by atoms with Crippen LogP contribution in [-0.4, -0.2) is 51.6 Å². The third-order valence-corrected chi connectivity index (χ3v) is 4.68. The lowest BCUT2D eigenvalue weighted by molar-refractivity contribution is -0.116. The second-order valence-corrected chi connectivity index (χ2v) is 6.51. The third kappa shape index (κ3) is 3.23. The predicted octanol–water partition coefficient (Wildman–Crippen LogP) is 0.983. The van der Waals surface area contributed by atoms with E-state index in [0.29, 0.717) is 16.5 Å². The van der Waals surface area contributed by atoms with Crippen LogP contribution in [0.15, 0.2) is 57.9 Å². The van der Waals surface area contributed by atoms with Gasteiger partial charge in [-0.05, 0) is 29.8 Å². The summed E-state index contributed by atoms with van der Waals surface area (Å²) < 4.78 is 16.4. The zero-order valence-electron chi connectivity index (χ0n) is 14.6. The Morgan fingerprint density at radius 3 is 2.46 bits per heavy atom. The van der Waals surface area contributed by atoms with E-state index >= 15 is 0 Å². The molecule has 2 heterocycles. The van der Waals surface area contributed by atoms with E-state index in [1.807, 2.05) is 0 Å². The number of hydrogen-bond donors (Lipinski definition) is 4.